The molecular formula is C16H16N4O2S. The van der Waals surface area contributed by atoms with Gasteiger partial charge in [-0.05, 0) is 25.1 Å². The molecule has 7 heteroatoms. The first-order chi connectivity index (χ1) is 11.1. The summed E-state index contributed by atoms with van der Waals surface area (Å²) >= 11 is 1.37. The molecule has 0 saturated carbocycles. The van der Waals surface area contributed by atoms with E-state index in [1.807, 2.05) is 42.8 Å². The molecule has 23 heavy (non-hydrogen) atoms. The summed E-state index contributed by atoms with van der Waals surface area (Å²) in [5, 5.41) is 8.90. The molecule has 2 amide bonds. The van der Waals surface area contributed by atoms with Gasteiger partial charge in [-0.15, -0.1) is 11.3 Å². The molecule has 0 aliphatic rings. The van der Waals surface area contributed by atoms with Gasteiger partial charge in [-0.1, -0.05) is 6.07 Å². The smallest absolute Gasteiger partial charge is 0.226 e. The number of aryl methyl sites for hydroxylation is 1. The molecule has 3 N–H and O–H groups in total. The first-order valence-corrected chi connectivity index (χ1v) is 8.08. The minimum absolute atomic E-state index is 0.119. The van der Waals surface area contributed by atoms with Crippen LogP contribution in [-0.4, -0.2) is 21.8 Å². The molecule has 118 valence electrons. The van der Waals surface area contributed by atoms with Gasteiger partial charge in [0, 0.05) is 35.3 Å². The average molecular weight is 328 g/mol. The largest absolute Gasteiger partial charge is 0.361 e. The van der Waals surface area contributed by atoms with Gasteiger partial charge in [0.2, 0.25) is 11.8 Å². The third-order valence-corrected chi connectivity index (χ3v) is 4.19. The van der Waals surface area contributed by atoms with Crippen LogP contribution in [0.3, 0.4) is 0 Å². The molecule has 6 nitrogen and oxygen atoms in total. The number of fused-ring (bicyclic) bond motifs is 1. The van der Waals surface area contributed by atoms with Gasteiger partial charge in [-0.3, -0.25) is 9.59 Å². The number of thiazole rings is 1. The van der Waals surface area contributed by atoms with Crippen molar-refractivity contribution in [3.05, 3.63) is 41.5 Å². The molecule has 0 radical (unpaired) electrons. The first kappa shape index (κ1) is 15.2. The topological polar surface area (TPSA) is 86.9 Å². The van der Waals surface area contributed by atoms with Gasteiger partial charge in [0.05, 0.1) is 11.4 Å². The third-order valence-electron chi connectivity index (χ3n) is 3.31. The summed E-state index contributed by atoms with van der Waals surface area (Å²) in [6.07, 6.45) is 2.06. The van der Waals surface area contributed by atoms with Gasteiger partial charge >= 0.3 is 0 Å². The van der Waals surface area contributed by atoms with E-state index < -0.39 is 0 Å². The van der Waals surface area contributed by atoms with Crippen LogP contribution in [0.25, 0.3) is 10.9 Å². The lowest BCUT2D eigenvalue weighted by Gasteiger charge is -2.06. The molecule has 0 bridgehead atoms. The quantitative estimate of drug-likeness (QED) is 0.671. The Morgan fingerprint density at radius 1 is 1.17 bits per heavy atom. The van der Waals surface area contributed by atoms with Crippen molar-refractivity contribution >= 4 is 44.9 Å². The maximum Gasteiger partial charge on any atom is 0.226 e. The Kier molecular flexibility index (Phi) is 4.38. The van der Waals surface area contributed by atoms with E-state index in [1.165, 1.54) is 11.3 Å². The average Bonchev–Trinajstić information content (AvgIpc) is 3.15. The molecule has 0 atom stereocenters. The zero-order valence-corrected chi connectivity index (χ0v) is 13.4. The number of anilines is 2. The highest BCUT2D eigenvalue weighted by molar-refractivity contribution is 7.13. The molecule has 2 aromatic heterocycles. The van der Waals surface area contributed by atoms with E-state index in [9.17, 15) is 9.59 Å². The number of nitrogens with one attached hydrogen (secondary N) is 3. The van der Waals surface area contributed by atoms with Crippen molar-refractivity contribution in [3.63, 3.8) is 0 Å². The van der Waals surface area contributed by atoms with Crippen molar-refractivity contribution in [1.82, 2.24) is 9.97 Å². The fraction of sp³-hybridized carbons (Fsp3) is 0.188. The third kappa shape index (κ3) is 3.75. The van der Waals surface area contributed by atoms with Gasteiger partial charge in [-0.25, -0.2) is 4.98 Å². The highest BCUT2D eigenvalue weighted by atomic mass is 32.1. The monoisotopic (exact) mass is 328 g/mol. The molecule has 3 rings (SSSR count). The van der Waals surface area contributed by atoms with Crippen LogP contribution in [0.2, 0.25) is 0 Å². The predicted octanol–water partition coefficient (Wildman–Crippen LogP) is 3.29. The van der Waals surface area contributed by atoms with Crippen molar-refractivity contribution in [1.29, 1.82) is 0 Å². The van der Waals surface area contributed by atoms with Gasteiger partial charge in [0.15, 0.2) is 5.13 Å². The number of carbonyl (C=O) groups is 2. The number of nitrogens with zero attached hydrogens (tertiary/aromatic N) is 1. The van der Waals surface area contributed by atoms with Crippen LogP contribution in [0, 0.1) is 6.92 Å². The summed E-state index contributed by atoms with van der Waals surface area (Å²) in [4.78, 5) is 31.1. The van der Waals surface area contributed by atoms with Crippen molar-refractivity contribution < 1.29 is 9.59 Å². The van der Waals surface area contributed by atoms with Crippen LogP contribution in [0.15, 0.2) is 35.8 Å². The fourth-order valence-corrected chi connectivity index (χ4v) is 2.93. The number of aromatic amines is 1. The van der Waals surface area contributed by atoms with Crippen LogP contribution in [0.4, 0.5) is 10.8 Å². The number of H-pyrrole nitrogens is 1. The predicted molar refractivity (Wildman–Crippen MR) is 91.6 cm³/mol. The van der Waals surface area contributed by atoms with Crippen molar-refractivity contribution in [3.8, 4) is 0 Å². The number of benzene rings is 1. The molecule has 0 fully saturated rings. The zero-order chi connectivity index (χ0) is 16.2. The van der Waals surface area contributed by atoms with Crippen molar-refractivity contribution in [2.45, 2.75) is 19.8 Å². The van der Waals surface area contributed by atoms with Crippen molar-refractivity contribution in [2.75, 3.05) is 10.6 Å². The van der Waals surface area contributed by atoms with Crippen LogP contribution in [-0.2, 0) is 9.59 Å². The minimum atomic E-state index is -0.214. The summed E-state index contributed by atoms with van der Waals surface area (Å²) in [7, 11) is 0. The van der Waals surface area contributed by atoms with Crippen LogP contribution in [0.1, 0.15) is 18.5 Å². The molecule has 0 spiro atoms. The molecule has 0 unspecified atom stereocenters. The summed E-state index contributed by atoms with van der Waals surface area (Å²) in [5.41, 5.74) is 2.56. The highest BCUT2D eigenvalue weighted by Crippen LogP contribution is 2.22. The Morgan fingerprint density at radius 3 is 2.70 bits per heavy atom. The first-order valence-electron chi connectivity index (χ1n) is 7.20. The Balaban J connectivity index is 1.53. The highest BCUT2D eigenvalue weighted by Gasteiger charge is 2.10. The second-order valence-corrected chi connectivity index (χ2v) is 5.99. The Hall–Kier alpha value is -2.67. The zero-order valence-electron chi connectivity index (χ0n) is 12.6. The minimum Gasteiger partial charge on any atom is -0.361 e. The van der Waals surface area contributed by atoms with Gasteiger partial charge < -0.3 is 15.6 Å². The summed E-state index contributed by atoms with van der Waals surface area (Å²) in [6, 6.07) is 7.55. The molecule has 1 aromatic carbocycles. The molecular weight excluding hydrogens is 312 g/mol. The number of carbonyl (C=O) groups excluding carboxylic acids is 2. The Bertz CT molecular complexity index is 853. The van der Waals surface area contributed by atoms with E-state index in [4.69, 9.17) is 0 Å². The summed E-state index contributed by atoms with van der Waals surface area (Å²) in [6.45, 7) is 1.86. The fourth-order valence-electron chi connectivity index (χ4n) is 2.23. The number of hydrogen-bond donors (Lipinski definition) is 3. The van der Waals surface area contributed by atoms with Gasteiger partial charge in [-0.2, -0.15) is 0 Å². The van der Waals surface area contributed by atoms with Crippen LogP contribution < -0.4 is 10.6 Å². The second-order valence-electron chi connectivity index (χ2n) is 5.13. The Morgan fingerprint density at radius 2 is 1.96 bits per heavy atom. The van der Waals surface area contributed by atoms with Gasteiger partial charge in [0.25, 0.3) is 0 Å². The van der Waals surface area contributed by atoms with E-state index in [-0.39, 0.29) is 24.7 Å². The lowest BCUT2D eigenvalue weighted by Crippen LogP contribution is -2.17. The second kappa shape index (κ2) is 6.62. The lowest BCUT2D eigenvalue weighted by atomic mass is 10.2. The van der Waals surface area contributed by atoms with E-state index in [1.54, 1.807) is 0 Å². The molecule has 3 aromatic rings. The van der Waals surface area contributed by atoms with Crippen LogP contribution >= 0.6 is 11.3 Å². The van der Waals surface area contributed by atoms with E-state index >= 15 is 0 Å². The summed E-state index contributed by atoms with van der Waals surface area (Å²) in [5.74, 6) is -0.404. The van der Waals surface area contributed by atoms with Crippen molar-refractivity contribution in [2.24, 2.45) is 0 Å². The van der Waals surface area contributed by atoms with Gasteiger partial charge in [0.1, 0.15) is 0 Å². The molecule has 0 aliphatic carbocycles. The normalized spacial score (nSPS) is 10.7. The SMILES string of the molecule is Cc1csc(NC(=O)CCC(=O)Nc2cccc3[nH]ccc23)n1. The Labute approximate surface area is 136 Å². The molecule has 0 aliphatic heterocycles. The lowest BCUT2D eigenvalue weighted by molar-refractivity contribution is -0.121. The molecule has 0 saturated heterocycles. The standard InChI is InChI=1S/C16H16N4O2S/c1-10-9-23-16(18-10)20-15(22)6-5-14(21)19-13-4-2-3-12-11(13)7-8-17-12/h2-4,7-9,17H,5-6H2,1H3,(H,19,21)(H,18,20,22). The number of hydrogen-bond acceptors (Lipinski definition) is 4. The maximum absolute atomic E-state index is 12.0. The van der Waals surface area contributed by atoms with E-state index in [2.05, 4.69) is 20.6 Å². The van der Waals surface area contributed by atoms with E-state index in [0.29, 0.717) is 5.13 Å². The molecule has 2 heterocycles. The number of rotatable bonds is 5. The maximum atomic E-state index is 12.0. The number of amides is 2. The number of aromatic nitrogens is 2. The van der Waals surface area contributed by atoms with E-state index in [0.717, 1.165) is 22.3 Å². The summed E-state index contributed by atoms with van der Waals surface area (Å²) < 4.78 is 0. The van der Waals surface area contributed by atoms with Crippen LogP contribution in [0.5, 0.6) is 0 Å².